The second-order valence-electron chi connectivity index (χ2n) is 3.96. The highest BCUT2D eigenvalue weighted by Crippen LogP contribution is 2.17. The topological polar surface area (TPSA) is 80.2 Å². The number of rotatable bonds is 5. The number of nitrogens with two attached hydrogens (primary N) is 1. The summed E-state index contributed by atoms with van der Waals surface area (Å²) in [5.41, 5.74) is 2.55. The van der Waals surface area contributed by atoms with Crippen molar-refractivity contribution in [2.45, 2.75) is 19.9 Å². The first-order chi connectivity index (χ1) is 8.72. The Balaban J connectivity index is 2.20. The normalized spacial score (nSPS) is 10.4. The lowest BCUT2D eigenvalue weighted by Crippen LogP contribution is -2.19. The molecule has 2 aromatic heterocycles. The number of hydrazine groups is 1. The standard InChI is InChI=1S/C12H17N5O/c1-3-10-14-11(16-13)7-12(15-10)17(2)8-9-5-4-6-18-9/h4-7H,3,8,13H2,1-2H3,(H,14,15,16). The van der Waals surface area contributed by atoms with E-state index in [4.69, 9.17) is 10.3 Å². The summed E-state index contributed by atoms with van der Waals surface area (Å²) in [6.07, 6.45) is 2.42. The van der Waals surface area contributed by atoms with Crippen LogP contribution in [0.1, 0.15) is 18.5 Å². The highest BCUT2D eigenvalue weighted by molar-refractivity contribution is 5.48. The molecule has 6 heteroatoms. The van der Waals surface area contributed by atoms with Gasteiger partial charge < -0.3 is 14.7 Å². The summed E-state index contributed by atoms with van der Waals surface area (Å²) in [6.45, 7) is 2.66. The predicted octanol–water partition coefficient (Wildman–Crippen LogP) is 1.55. The van der Waals surface area contributed by atoms with Gasteiger partial charge in [0.15, 0.2) is 0 Å². The Kier molecular flexibility index (Phi) is 3.78. The van der Waals surface area contributed by atoms with Crippen LogP contribution in [0.25, 0.3) is 0 Å². The maximum atomic E-state index is 5.40. The summed E-state index contributed by atoms with van der Waals surface area (Å²) in [7, 11) is 1.95. The number of aromatic nitrogens is 2. The van der Waals surface area contributed by atoms with Crippen LogP contribution < -0.4 is 16.2 Å². The predicted molar refractivity (Wildman–Crippen MR) is 70.0 cm³/mol. The number of anilines is 2. The highest BCUT2D eigenvalue weighted by Gasteiger charge is 2.09. The van der Waals surface area contributed by atoms with Crippen LogP contribution in [-0.2, 0) is 13.0 Å². The third-order valence-electron chi connectivity index (χ3n) is 2.59. The molecule has 0 aliphatic rings. The van der Waals surface area contributed by atoms with Crippen LogP contribution in [0, 0.1) is 0 Å². The summed E-state index contributed by atoms with van der Waals surface area (Å²) in [5.74, 6) is 8.47. The van der Waals surface area contributed by atoms with Crippen molar-refractivity contribution in [2.75, 3.05) is 17.4 Å². The third-order valence-corrected chi connectivity index (χ3v) is 2.59. The van der Waals surface area contributed by atoms with Gasteiger partial charge in [-0.1, -0.05) is 6.92 Å². The van der Waals surface area contributed by atoms with Gasteiger partial charge in [-0.25, -0.2) is 15.8 Å². The van der Waals surface area contributed by atoms with Crippen molar-refractivity contribution in [1.82, 2.24) is 9.97 Å². The minimum Gasteiger partial charge on any atom is -0.467 e. The molecule has 18 heavy (non-hydrogen) atoms. The summed E-state index contributed by atoms with van der Waals surface area (Å²) in [6, 6.07) is 5.61. The molecule has 0 radical (unpaired) electrons. The Morgan fingerprint density at radius 3 is 2.89 bits per heavy atom. The molecule has 3 N–H and O–H groups in total. The third kappa shape index (κ3) is 2.78. The van der Waals surface area contributed by atoms with Crippen molar-refractivity contribution in [1.29, 1.82) is 0 Å². The molecule has 0 aliphatic carbocycles. The average molecular weight is 247 g/mol. The maximum Gasteiger partial charge on any atom is 0.145 e. The summed E-state index contributed by atoms with van der Waals surface area (Å²) in [5, 5.41) is 0. The van der Waals surface area contributed by atoms with Gasteiger partial charge in [0, 0.05) is 19.5 Å². The lowest BCUT2D eigenvalue weighted by atomic mass is 10.3. The van der Waals surface area contributed by atoms with E-state index in [0.717, 1.165) is 23.8 Å². The van der Waals surface area contributed by atoms with Crippen LogP contribution in [-0.4, -0.2) is 17.0 Å². The summed E-state index contributed by atoms with van der Waals surface area (Å²) < 4.78 is 5.31. The largest absolute Gasteiger partial charge is 0.467 e. The molecule has 0 fully saturated rings. The Labute approximate surface area is 106 Å². The first-order valence-corrected chi connectivity index (χ1v) is 5.81. The maximum absolute atomic E-state index is 5.40. The van der Waals surface area contributed by atoms with Crippen LogP contribution in [0.15, 0.2) is 28.9 Å². The molecule has 2 heterocycles. The number of nitrogens with one attached hydrogen (secondary N) is 1. The highest BCUT2D eigenvalue weighted by atomic mass is 16.3. The zero-order chi connectivity index (χ0) is 13.0. The zero-order valence-corrected chi connectivity index (χ0v) is 10.6. The Bertz CT molecular complexity index is 475. The Morgan fingerprint density at radius 1 is 1.44 bits per heavy atom. The molecule has 0 aromatic carbocycles. The fraction of sp³-hybridized carbons (Fsp3) is 0.333. The smallest absolute Gasteiger partial charge is 0.145 e. The van der Waals surface area contributed by atoms with E-state index in [9.17, 15) is 0 Å². The number of furan rings is 1. The van der Waals surface area contributed by atoms with Gasteiger partial charge in [-0.05, 0) is 12.1 Å². The van der Waals surface area contributed by atoms with E-state index in [1.807, 2.05) is 37.1 Å². The van der Waals surface area contributed by atoms with Crippen LogP contribution in [0.4, 0.5) is 11.6 Å². The van der Waals surface area contributed by atoms with Crippen molar-refractivity contribution < 1.29 is 4.42 Å². The van der Waals surface area contributed by atoms with Crippen molar-refractivity contribution in [2.24, 2.45) is 5.84 Å². The fourth-order valence-corrected chi connectivity index (χ4v) is 1.63. The minimum absolute atomic E-state index is 0.614. The first-order valence-electron chi connectivity index (χ1n) is 5.81. The van der Waals surface area contributed by atoms with Crippen molar-refractivity contribution in [3.63, 3.8) is 0 Å². The van der Waals surface area contributed by atoms with E-state index in [0.29, 0.717) is 12.4 Å². The fourth-order valence-electron chi connectivity index (χ4n) is 1.63. The molecule has 2 aromatic rings. The molecule has 0 saturated carbocycles. The quantitative estimate of drug-likeness (QED) is 0.616. The van der Waals surface area contributed by atoms with Gasteiger partial charge in [0.2, 0.25) is 0 Å². The molecular weight excluding hydrogens is 230 g/mol. The monoisotopic (exact) mass is 247 g/mol. The average Bonchev–Trinajstić information content (AvgIpc) is 2.90. The molecule has 0 unspecified atom stereocenters. The van der Waals surface area contributed by atoms with Crippen molar-refractivity contribution in [3.8, 4) is 0 Å². The zero-order valence-electron chi connectivity index (χ0n) is 10.6. The molecule has 0 amide bonds. The van der Waals surface area contributed by atoms with Crippen molar-refractivity contribution in [3.05, 3.63) is 36.0 Å². The van der Waals surface area contributed by atoms with E-state index in [2.05, 4.69) is 15.4 Å². The lowest BCUT2D eigenvalue weighted by Gasteiger charge is -2.18. The van der Waals surface area contributed by atoms with Gasteiger partial charge in [-0.2, -0.15) is 0 Å². The Hall–Kier alpha value is -2.08. The van der Waals surface area contributed by atoms with Gasteiger partial charge in [0.1, 0.15) is 23.2 Å². The van der Waals surface area contributed by atoms with Gasteiger partial charge in [0.25, 0.3) is 0 Å². The molecular formula is C12H17N5O. The van der Waals surface area contributed by atoms with E-state index in [1.54, 1.807) is 6.26 Å². The molecule has 2 rings (SSSR count). The second-order valence-corrected chi connectivity index (χ2v) is 3.96. The van der Waals surface area contributed by atoms with Crippen LogP contribution >= 0.6 is 0 Å². The van der Waals surface area contributed by atoms with Crippen molar-refractivity contribution >= 4 is 11.6 Å². The van der Waals surface area contributed by atoms with Crippen LogP contribution in [0.2, 0.25) is 0 Å². The van der Waals surface area contributed by atoms with Crippen LogP contribution in [0.3, 0.4) is 0 Å². The van der Waals surface area contributed by atoms with E-state index in [-0.39, 0.29) is 0 Å². The molecule has 0 aliphatic heterocycles. The second kappa shape index (κ2) is 5.50. The number of aryl methyl sites for hydroxylation is 1. The summed E-state index contributed by atoms with van der Waals surface area (Å²) in [4.78, 5) is 10.7. The SMILES string of the molecule is CCc1nc(NN)cc(N(C)Cc2ccco2)n1. The van der Waals surface area contributed by atoms with Gasteiger partial charge >= 0.3 is 0 Å². The van der Waals surface area contributed by atoms with E-state index >= 15 is 0 Å². The van der Waals surface area contributed by atoms with E-state index < -0.39 is 0 Å². The number of nitrogens with zero attached hydrogens (tertiary/aromatic N) is 3. The van der Waals surface area contributed by atoms with Gasteiger partial charge in [-0.3, -0.25) is 0 Å². The summed E-state index contributed by atoms with van der Waals surface area (Å²) >= 11 is 0. The van der Waals surface area contributed by atoms with E-state index in [1.165, 1.54) is 0 Å². The first kappa shape index (κ1) is 12.4. The molecule has 0 bridgehead atoms. The number of nitrogen functional groups attached to an aromatic ring is 1. The van der Waals surface area contributed by atoms with Gasteiger partial charge in [-0.15, -0.1) is 0 Å². The molecule has 0 atom stereocenters. The van der Waals surface area contributed by atoms with Gasteiger partial charge in [0.05, 0.1) is 12.8 Å². The molecule has 0 spiro atoms. The van der Waals surface area contributed by atoms with Crippen LogP contribution in [0.5, 0.6) is 0 Å². The number of hydrogen-bond donors (Lipinski definition) is 2. The number of hydrogen-bond acceptors (Lipinski definition) is 6. The molecule has 0 saturated heterocycles. The Morgan fingerprint density at radius 2 is 2.28 bits per heavy atom. The molecule has 96 valence electrons. The molecule has 6 nitrogen and oxygen atoms in total. The lowest BCUT2D eigenvalue weighted by molar-refractivity contribution is 0.507. The minimum atomic E-state index is 0.614.